The van der Waals surface area contributed by atoms with Crippen LogP contribution in [0.5, 0.6) is 0 Å². The van der Waals surface area contributed by atoms with Crippen LogP contribution in [-0.4, -0.2) is 25.9 Å². The van der Waals surface area contributed by atoms with Gasteiger partial charge in [-0.3, -0.25) is 5.84 Å². The molecule has 0 aromatic carbocycles. The molecule has 2 N–H and O–H groups in total. The lowest BCUT2D eigenvalue weighted by molar-refractivity contribution is 0.149. The van der Waals surface area contributed by atoms with E-state index in [4.69, 9.17) is 5.84 Å². The van der Waals surface area contributed by atoms with E-state index in [1.807, 2.05) is 18.1 Å². The molecule has 2 aromatic rings. The minimum Gasteiger partial charge on any atom is -0.268 e. The maximum Gasteiger partial charge on any atom is 0.147 e. The fourth-order valence-electron chi connectivity index (χ4n) is 2.40. The predicted octanol–water partition coefficient (Wildman–Crippen LogP) is 1.80. The third kappa shape index (κ3) is 1.92. The summed E-state index contributed by atoms with van der Waals surface area (Å²) in [6, 6.07) is 0.212. The van der Waals surface area contributed by atoms with Gasteiger partial charge in [0.05, 0.1) is 23.3 Å². The zero-order chi connectivity index (χ0) is 11.8. The van der Waals surface area contributed by atoms with Crippen LogP contribution in [0.25, 0.3) is 10.2 Å². The van der Waals surface area contributed by atoms with Gasteiger partial charge in [-0.15, -0.1) is 0 Å². The first-order valence-corrected chi connectivity index (χ1v) is 6.63. The molecule has 90 valence electrons. The summed E-state index contributed by atoms with van der Waals surface area (Å²) < 4.78 is 4.20. The number of nitrogens with two attached hydrogens (primary N) is 1. The Morgan fingerprint density at radius 2 is 2.29 bits per heavy atom. The van der Waals surface area contributed by atoms with Gasteiger partial charge in [-0.2, -0.15) is 4.37 Å². The third-order valence-electron chi connectivity index (χ3n) is 3.23. The molecule has 0 radical (unpaired) electrons. The normalized spacial score (nSPS) is 22.1. The lowest BCUT2D eigenvalue weighted by atomic mass is 9.99. The molecule has 3 rings (SSSR count). The van der Waals surface area contributed by atoms with Crippen molar-refractivity contribution >= 4 is 21.7 Å². The van der Waals surface area contributed by atoms with Crippen LogP contribution in [0.4, 0.5) is 0 Å². The van der Waals surface area contributed by atoms with Crippen molar-refractivity contribution in [3.63, 3.8) is 0 Å². The van der Waals surface area contributed by atoms with Gasteiger partial charge in [-0.25, -0.2) is 15.0 Å². The summed E-state index contributed by atoms with van der Waals surface area (Å²) in [5.74, 6) is 6.88. The van der Waals surface area contributed by atoms with E-state index in [1.54, 1.807) is 0 Å². The van der Waals surface area contributed by atoms with Crippen LogP contribution in [-0.2, 0) is 0 Å². The third-order valence-corrected chi connectivity index (χ3v) is 3.93. The topological polar surface area (TPSA) is 67.9 Å². The molecule has 1 unspecified atom stereocenters. The van der Waals surface area contributed by atoms with Gasteiger partial charge in [-0.1, -0.05) is 6.42 Å². The summed E-state index contributed by atoms with van der Waals surface area (Å²) in [4.78, 5) is 9.95. The van der Waals surface area contributed by atoms with Crippen LogP contribution in [0.15, 0.2) is 6.20 Å². The second kappa shape index (κ2) is 4.29. The summed E-state index contributed by atoms with van der Waals surface area (Å²) in [6.07, 6.45) is 5.30. The smallest absolute Gasteiger partial charge is 0.147 e. The average Bonchev–Trinajstić information content (AvgIpc) is 2.76. The fraction of sp³-hybridized carbons (Fsp3) is 0.545. The number of hydrogen-bond donors (Lipinski definition) is 1. The minimum atomic E-state index is 0.212. The van der Waals surface area contributed by atoms with E-state index < -0.39 is 0 Å². The van der Waals surface area contributed by atoms with E-state index in [2.05, 4.69) is 14.3 Å². The molecular weight excluding hydrogens is 234 g/mol. The van der Waals surface area contributed by atoms with Gasteiger partial charge in [0.2, 0.25) is 0 Å². The van der Waals surface area contributed by atoms with Crippen molar-refractivity contribution in [2.75, 3.05) is 6.54 Å². The zero-order valence-electron chi connectivity index (χ0n) is 9.76. The maximum atomic E-state index is 6.08. The van der Waals surface area contributed by atoms with Crippen molar-refractivity contribution < 1.29 is 0 Å². The number of rotatable bonds is 1. The summed E-state index contributed by atoms with van der Waals surface area (Å²) in [5.41, 5.74) is 1.04. The molecule has 0 aliphatic carbocycles. The fourth-order valence-corrected chi connectivity index (χ4v) is 3.08. The minimum absolute atomic E-state index is 0.212. The van der Waals surface area contributed by atoms with Crippen LogP contribution < -0.4 is 5.84 Å². The molecule has 1 aliphatic rings. The average molecular weight is 249 g/mol. The number of aromatic nitrogens is 3. The second-order valence-corrected chi connectivity index (χ2v) is 5.23. The number of aryl methyl sites for hydroxylation is 1. The molecule has 1 aliphatic heterocycles. The van der Waals surface area contributed by atoms with Crippen molar-refractivity contribution in [2.45, 2.75) is 32.2 Å². The Balaban J connectivity index is 2.11. The number of piperidine rings is 1. The van der Waals surface area contributed by atoms with Crippen molar-refractivity contribution in [3.05, 3.63) is 17.7 Å². The molecule has 1 saturated heterocycles. The first kappa shape index (κ1) is 11.0. The molecule has 0 bridgehead atoms. The highest BCUT2D eigenvalue weighted by atomic mass is 32.1. The van der Waals surface area contributed by atoms with Gasteiger partial charge >= 0.3 is 0 Å². The second-order valence-electron chi connectivity index (χ2n) is 4.45. The molecule has 1 fully saturated rings. The van der Waals surface area contributed by atoms with Crippen molar-refractivity contribution in [1.82, 2.24) is 19.4 Å². The standard InChI is InChI=1S/C11H15N5S/c1-7-14-10(8-6-13-17-11(8)15-7)9-4-2-3-5-16(9)12/h6,9H,2-5,12H2,1H3. The summed E-state index contributed by atoms with van der Waals surface area (Å²) in [5, 5.41) is 2.96. The summed E-state index contributed by atoms with van der Waals surface area (Å²) in [7, 11) is 0. The Morgan fingerprint density at radius 3 is 3.12 bits per heavy atom. The molecule has 0 saturated carbocycles. The SMILES string of the molecule is Cc1nc(C2CCCCN2N)c2cnsc2n1. The van der Waals surface area contributed by atoms with E-state index in [-0.39, 0.29) is 6.04 Å². The van der Waals surface area contributed by atoms with Gasteiger partial charge in [0, 0.05) is 6.54 Å². The number of nitrogens with zero attached hydrogens (tertiary/aromatic N) is 4. The Bertz CT molecular complexity index is 538. The van der Waals surface area contributed by atoms with Gasteiger partial charge in [0.15, 0.2) is 0 Å². The van der Waals surface area contributed by atoms with Crippen LogP contribution in [0.3, 0.4) is 0 Å². The molecular formula is C11H15N5S. The molecule has 3 heterocycles. The largest absolute Gasteiger partial charge is 0.268 e. The first-order chi connectivity index (χ1) is 8.25. The number of fused-ring (bicyclic) bond motifs is 1. The number of hydrogen-bond acceptors (Lipinski definition) is 6. The zero-order valence-corrected chi connectivity index (χ0v) is 10.6. The highest BCUT2D eigenvalue weighted by Crippen LogP contribution is 2.32. The van der Waals surface area contributed by atoms with Crippen LogP contribution in [0, 0.1) is 6.92 Å². The summed E-state index contributed by atoms with van der Waals surface area (Å²) >= 11 is 1.42. The predicted molar refractivity (Wildman–Crippen MR) is 67.4 cm³/mol. The quantitative estimate of drug-likeness (QED) is 0.780. The van der Waals surface area contributed by atoms with Crippen molar-refractivity contribution in [3.8, 4) is 0 Å². The van der Waals surface area contributed by atoms with Crippen LogP contribution >= 0.6 is 11.5 Å². The van der Waals surface area contributed by atoms with Crippen LogP contribution in [0.1, 0.15) is 36.8 Å². The molecule has 5 nitrogen and oxygen atoms in total. The van der Waals surface area contributed by atoms with E-state index in [9.17, 15) is 0 Å². The molecule has 2 aromatic heterocycles. The lowest BCUT2D eigenvalue weighted by Gasteiger charge is -2.31. The van der Waals surface area contributed by atoms with E-state index >= 15 is 0 Å². The Labute approximate surface area is 104 Å². The maximum absolute atomic E-state index is 6.08. The molecule has 17 heavy (non-hydrogen) atoms. The lowest BCUT2D eigenvalue weighted by Crippen LogP contribution is -2.39. The summed E-state index contributed by atoms with van der Waals surface area (Å²) in [6.45, 7) is 2.86. The molecule has 1 atom stereocenters. The van der Waals surface area contributed by atoms with Crippen LogP contribution in [0.2, 0.25) is 0 Å². The Hall–Kier alpha value is -1.11. The van der Waals surface area contributed by atoms with Gasteiger partial charge in [0.25, 0.3) is 0 Å². The van der Waals surface area contributed by atoms with Crippen molar-refractivity contribution in [2.24, 2.45) is 5.84 Å². The number of hydrazine groups is 1. The Kier molecular flexibility index (Phi) is 2.78. The molecule has 6 heteroatoms. The van der Waals surface area contributed by atoms with E-state index in [0.29, 0.717) is 0 Å². The van der Waals surface area contributed by atoms with E-state index in [0.717, 1.165) is 34.7 Å². The van der Waals surface area contributed by atoms with Crippen molar-refractivity contribution in [1.29, 1.82) is 0 Å². The molecule has 0 amide bonds. The highest BCUT2D eigenvalue weighted by Gasteiger charge is 2.25. The van der Waals surface area contributed by atoms with Gasteiger partial charge < -0.3 is 0 Å². The molecule has 0 spiro atoms. The van der Waals surface area contributed by atoms with Gasteiger partial charge in [0.1, 0.15) is 10.7 Å². The van der Waals surface area contributed by atoms with E-state index in [1.165, 1.54) is 24.4 Å². The van der Waals surface area contributed by atoms with Gasteiger partial charge in [-0.05, 0) is 31.3 Å². The first-order valence-electron chi connectivity index (χ1n) is 5.86. The highest BCUT2D eigenvalue weighted by molar-refractivity contribution is 7.12. The monoisotopic (exact) mass is 249 g/mol. The Morgan fingerprint density at radius 1 is 1.41 bits per heavy atom.